The predicted molar refractivity (Wildman–Crippen MR) is 89.7 cm³/mol. The maximum atomic E-state index is 5.85. The lowest BCUT2D eigenvalue weighted by atomic mass is 10.4. The zero-order chi connectivity index (χ0) is 16.8. The molecule has 0 aliphatic carbocycles. The van der Waals surface area contributed by atoms with Gasteiger partial charge in [-0.1, -0.05) is 0 Å². The molecule has 0 rings (SSSR count). The van der Waals surface area contributed by atoms with Crippen LogP contribution in [0.3, 0.4) is 0 Å². The normalized spacial score (nSPS) is 13.8. The van der Waals surface area contributed by atoms with Crippen molar-refractivity contribution in [2.45, 2.75) is 53.4 Å². The van der Waals surface area contributed by atoms with Gasteiger partial charge in [0.2, 0.25) is 0 Å². The van der Waals surface area contributed by atoms with Crippen molar-refractivity contribution in [2.24, 2.45) is 0 Å². The van der Waals surface area contributed by atoms with Crippen LogP contribution < -0.4 is 0 Å². The number of ether oxygens (including phenoxy) is 2. The van der Waals surface area contributed by atoms with E-state index in [0.717, 1.165) is 19.0 Å². The summed E-state index contributed by atoms with van der Waals surface area (Å²) < 4.78 is 28.5. The van der Waals surface area contributed by atoms with Gasteiger partial charge in [0, 0.05) is 32.5 Å². The highest BCUT2D eigenvalue weighted by Gasteiger charge is 2.39. The van der Waals surface area contributed by atoms with Gasteiger partial charge in [0.05, 0.1) is 0 Å². The number of nitrogens with zero attached hydrogens (tertiary/aromatic N) is 1. The van der Waals surface area contributed by atoms with Gasteiger partial charge < -0.3 is 22.8 Å². The van der Waals surface area contributed by atoms with Gasteiger partial charge in [-0.25, -0.2) is 0 Å². The van der Waals surface area contributed by atoms with Crippen molar-refractivity contribution in [3.63, 3.8) is 0 Å². The first-order chi connectivity index (χ1) is 10.5. The molecular weight excluding hydrogens is 302 g/mol. The van der Waals surface area contributed by atoms with Gasteiger partial charge in [-0.2, -0.15) is 0 Å². The monoisotopic (exact) mass is 337 g/mol. The molecule has 1 atom stereocenters. The minimum atomic E-state index is -2.51. The van der Waals surface area contributed by atoms with Gasteiger partial charge in [0.15, 0.2) is 6.29 Å². The highest BCUT2D eigenvalue weighted by Crippen LogP contribution is 2.18. The topological polar surface area (TPSA) is 49.4 Å². The van der Waals surface area contributed by atoms with E-state index in [0.29, 0.717) is 33.2 Å². The highest BCUT2D eigenvalue weighted by atomic mass is 28.4. The lowest BCUT2D eigenvalue weighted by Gasteiger charge is -2.29. The maximum Gasteiger partial charge on any atom is 0.500 e. The van der Waals surface area contributed by atoms with E-state index in [4.69, 9.17) is 22.8 Å². The molecule has 0 heterocycles. The summed E-state index contributed by atoms with van der Waals surface area (Å²) in [5.74, 6) is 0. The van der Waals surface area contributed by atoms with E-state index in [9.17, 15) is 0 Å². The van der Waals surface area contributed by atoms with Crippen LogP contribution in [0, 0.1) is 0 Å². The predicted octanol–water partition coefficient (Wildman–Crippen LogP) is 2.71. The van der Waals surface area contributed by atoms with Crippen LogP contribution in [0.1, 0.15) is 41.0 Å². The van der Waals surface area contributed by atoms with Crippen LogP contribution in [-0.2, 0) is 22.8 Å². The van der Waals surface area contributed by atoms with Crippen molar-refractivity contribution in [3.8, 4) is 0 Å². The molecule has 0 bridgehead atoms. The Balaban J connectivity index is 4.13. The second-order valence-corrected chi connectivity index (χ2v) is 7.72. The first-order valence-electron chi connectivity index (χ1n) is 8.37. The summed E-state index contributed by atoms with van der Waals surface area (Å²) in [5, 5.41) is 0. The molecule has 0 amide bonds. The van der Waals surface area contributed by atoms with E-state index < -0.39 is 8.80 Å². The standard InChI is InChI=1S/C15H35NO5Si/c1-7-17-15(5)18-14-16(6)12-11-13-22(19-8-2,20-9-3)21-10-4/h15H,7-14H2,1-6H3. The van der Waals surface area contributed by atoms with Crippen LogP contribution in [-0.4, -0.2) is 66.7 Å². The van der Waals surface area contributed by atoms with Crippen LogP contribution >= 0.6 is 0 Å². The summed E-state index contributed by atoms with van der Waals surface area (Å²) in [6.07, 6.45) is 0.783. The summed E-state index contributed by atoms with van der Waals surface area (Å²) in [6.45, 7) is 13.8. The molecule has 0 aromatic carbocycles. The lowest BCUT2D eigenvalue weighted by Crippen LogP contribution is -2.46. The first-order valence-corrected chi connectivity index (χ1v) is 10.3. The van der Waals surface area contributed by atoms with Crippen molar-refractivity contribution in [3.05, 3.63) is 0 Å². The Labute approximate surface area is 137 Å². The third-order valence-electron chi connectivity index (χ3n) is 3.05. The Morgan fingerprint density at radius 1 is 0.864 bits per heavy atom. The van der Waals surface area contributed by atoms with Crippen molar-refractivity contribution in [2.75, 3.05) is 46.8 Å². The second-order valence-electron chi connectivity index (χ2n) is 4.98. The molecule has 0 aliphatic rings. The van der Waals surface area contributed by atoms with E-state index in [2.05, 4.69) is 4.90 Å². The maximum absolute atomic E-state index is 5.85. The summed E-state index contributed by atoms with van der Waals surface area (Å²) in [4.78, 5) is 2.12. The molecule has 1 unspecified atom stereocenters. The molecule has 6 nitrogen and oxygen atoms in total. The van der Waals surface area contributed by atoms with E-state index >= 15 is 0 Å². The molecule has 134 valence electrons. The molecular formula is C15H35NO5Si. The SMILES string of the molecule is CCOC(C)OCN(C)CCC[Si](OCC)(OCC)OCC. The van der Waals surface area contributed by atoms with Gasteiger partial charge >= 0.3 is 8.80 Å². The molecule has 0 N–H and O–H groups in total. The van der Waals surface area contributed by atoms with Crippen LogP contribution in [0.5, 0.6) is 0 Å². The zero-order valence-corrected chi connectivity index (χ0v) is 16.2. The molecule has 0 fully saturated rings. The molecule has 7 heteroatoms. The van der Waals surface area contributed by atoms with Crippen molar-refractivity contribution < 1.29 is 22.8 Å². The first kappa shape index (κ1) is 22.0. The Hall–Kier alpha value is -0.0231. The van der Waals surface area contributed by atoms with E-state index in [1.807, 2.05) is 41.7 Å². The summed E-state index contributed by atoms with van der Waals surface area (Å²) >= 11 is 0. The van der Waals surface area contributed by atoms with E-state index in [-0.39, 0.29) is 6.29 Å². The largest absolute Gasteiger partial charge is 0.500 e. The average molecular weight is 338 g/mol. The fraction of sp³-hybridized carbons (Fsp3) is 1.00. The number of hydrogen-bond donors (Lipinski definition) is 0. The quantitative estimate of drug-likeness (QED) is 0.338. The number of hydrogen-bond acceptors (Lipinski definition) is 6. The summed E-state index contributed by atoms with van der Waals surface area (Å²) in [5.41, 5.74) is 0. The van der Waals surface area contributed by atoms with E-state index in [1.165, 1.54) is 0 Å². The highest BCUT2D eigenvalue weighted by molar-refractivity contribution is 6.60. The minimum Gasteiger partial charge on any atom is -0.374 e. The smallest absolute Gasteiger partial charge is 0.374 e. The van der Waals surface area contributed by atoms with Crippen LogP contribution in [0.15, 0.2) is 0 Å². The average Bonchev–Trinajstić information content (AvgIpc) is 2.46. The van der Waals surface area contributed by atoms with Gasteiger partial charge in [-0.3, -0.25) is 4.90 Å². The molecule has 0 saturated heterocycles. The van der Waals surface area contributed by atoms with Gasteiger partial charge in [0.1, 0.15) is 6.73 Å². The van der Waals surface area contributed by atoms with Crippen molar-refractivity contribution in [1.29, 1.82) is 0 Å². The number of rotatable bonds is 15. The molecule has 0 aliphatic heterocycles. The van der Waals surface area contributed by atoms with Gasteiger partial charge in [-0.15, -0.1) is 0 Å². The van der Waals surface area contributed by atoms with E-state index in [1.54, 1.807) is 0 Å². The van der Waals surface area contributed by atoms with Gasteiger partial charge in [0.25, 0.3) is 0 Å². The summed E-state index contributed by atoms with van der Waals surface area (Å²) in [6, 6.07) is 0.827. The zero-order valence-electron chi connectivity index (χ0n) is 15.2. The molecule has 0 aromatic rings. The Morgan fingerprint density at radius 3 is 1.86 bits per heavy atom. The molecule has 0 spiro atoms. The minimum absolute atomic E-state index is 0.170. The van der Waals surface area contributed by atoms with Crippen molar-refractivity contribution in [1.82, 2.24) is 4.90 Å². The van der Waals surface area contributed by atoms with Gasteiger partial charge in [-0.05, 0) is 54.6 Å². The Bertz CT molecular complexity index is 241. The Kier molecular flexibility index (Phi) is 13.4. The molecule has 0 saturated carbocycles. The third-order valence-corrected chi connectivity index (χ3v) is 6.20. The second kappa shape index (κ2) is 13.4. The molecule has 0 radical (unpaired) electrons. The fourth-order valence-corrected chi connectivity index (χ4v) is 4.74. The third kappa shape index (κ3) is 9.89. The van der Waals surface area contributed by atoms with Crippen LogP contribution in [0.4, 0.5) is 0 Å². The fourth-order valence-electron chi connectivity index (χ4n) is 2.15. The molecule has 0 aromatic heterocycles. The van der Waals surface area contributed by atoms with Crippen LogP contribution in [0.2, 0.25) is 6.04 Å². The Morgan fingerprint density at radius 2 is 1.41 bits per heavy atom. The van der Waals surface area contributed by atoms with Crippen LogP contribution in [0.25, 0.3) is 0 Å². The lowest BCUT2D eigenvalue weighted by molar-refractivity contribution is -0.150. The summed E-state index contributed by atoms with van der Waals surface area (Å²) in [7, 11) is -0.480. The van der Waals surface area contributed by atoms with Crippen molar-refractivity contribution >= 4 is 8.80 Å². The molecule has 22 heavy (non-hydrogen) atoms.